The summed E-state index contributed by atoms with van der Waals surface area (Å²) in [5.41, 5.74) is 3.18. The number of rotatable bonds is 5. The number of hydrogen-bond acceptors (Lipinski definition) is 5. The Bertz CT molecular complexity index is 715. The highest BCUT2D eigenvalue weighted by Crippen LogP contribution is 2.22. The van der Waals surface area contributed by atoms with Gasteiger partial charge in [0.15, 0.2) is 0 Å². The Kier molecular flexibility index (Phi) is 3.64. The molecule has 0 aliphatic heterocycles. The van der Waals surface area contributed by atoms with Crippen LogP contribution >= 0.6 is 11.5 Å². The van der Waals surface area contributed by atoms with Crippen LogP contribution in [0.2, 0.25) is 0 Å². The predicted molar refractivity (Wildman–Crippen MR) is 82.3 cm³/mol. The number of para-hydroxylation sites is 2. The average Bonchev–Trinajstić information content (AvgIpc) is 3.05. The second-order valence-electron chi connectivity index (χ2n) is 4.65. The van der Waals surface area contributed by atoms with Crippen molar-refractivity contribution in [3.05, 3.63) is 35.8 Å². The minimum Gasteiger partial charge on any atom is -0.377 e. The van der Waals surface area contributed by atoms with Crippen LogP contribution < -0.4 is 5.32 Å². The molecule has 0 unspecified atom stereocenters. The van der Waals surface area contributed by atoms with E-state index in [0.717, 1.165) is 40.4 Å². The Morgan fingerprint density at radius 1 is 1.30 bits per heavy atom. The second kappa shape index (κ2) is 5.58. The Balaban J connectivity index is 2.06. The highest BCUT2D eigenvalue weighted by atomic mass is 32.1. The van der Waals surface area contributed by atoms with Gasteiger partial charge < -0.3 is 9.88 Å². The van der Waals surface area contributed by atoms with Crippen molar-refractivity contribution in [1.29, 1.82) is 0 Å². The van der Waals surface area contributed by atoms with Crippen LogP contribution in [0.25, 0.3) is 11.0 Å². The molecule has 0 radical (unpaired) electrons. The van der Waals surface area contributed by atoms with Crippen LogP contribution in [0, 0.1) is 0 Å². The summed E-state index contributed by atoms with van der Waals surface area (Å²) in [6.45, 7) is 2.88. The first-order valence-electron chi connectivity index (χ1n) is 6.76. The molecular formula is C14H17N5S. The Labute approximate surface area is 121 Å². The van der Waals surface area contributed by atoms with E-state index in [9.17, 15) is 0 Å². The van der Waals surface area contributed by atoms with E-state index in [2.05, 4.69) is 44.6 Å². The van der Waals surface area contributed by atoms with Gasteiger partial charge in [-0.15, -0.1) is 5.10 Å². The first-order valence-corrected chi connectivity index (χ1v) is 7.54. The summed E-state index contributed by atoms with van der Waals surface area (Å²) in [5.74, 6) is 1.11. The minimum absolute atomic E-state index is 0.711. The van der Waals surface area contributed by atoms with Crippen molar-refractivity contribution in [3.8, 4) is 0 Å². The number of imidazole rings is 1. The van der Waals surface area contributed by atoms with Gasteiger partial charge in [-0.3, -0.25) is 0 Å². The number of nitrogens with zero attached hydrogens (tertiary/aromatic N) is 4. The van der Waals surface area contributed by atoms with Crippen LogP contribution in [-0.4, -0.2) is 26.2 Å². The van der Waals surface area contributed by atoms with E-state index in [-0.39, 0.29) is 0 Å². The molecule has 5 nitrogen and oxygen atoms in total. The molecule has 0 bridgehead atoms. The number of benzene rings is 1. The van der Waals surface area contributed by atoms with Gasteiger partial charge in [-0.2, -0.15) is 0 Å². The van der Waals surface area contributed by atoms with Crippen LogP contribution in [0.3, 0.4) is 0 Å². The molecule has 20 heavy (non-hydrogen) atoms. The molecule has 1 N–H and O–H groups in total. The van der Waals surface area contributed by atoms with Gasteiger partial charge in [0.1, 0.15) is 16.5 Å². The van der Waals surface area contributed by atoms with E-state index in [0.29, 0.717) is 6.54 Å². The first-order chi connectivity index (χ1) is 9.83. The SMILES string of the molecule is CCCc1nc2ccccc2n1Cc1nnsc1NC. The van der Waals surface area contributed by atoms with E-state index >= 15 is 0 Å². The van der Waals surface area contributed by atoms with Gasteiger partial charge in [-0.1, -0.05) is 23.5 Å². The van der Waals surface area contributed by atoms with Gasteiger partial charge in [0.05, 0.1) is 17.6 Å². The lowest BCUT2D eigenvalue weighted by Crippen LogP contribution is -2.07. The minimum atomic E-state index is 0.711. The van der Waals surface area contributed by atoms with Crippen molar-refractivity contribution < 1.29 is 0 Å². The van der Waals surface area contributed by atoms with Gasteiger partial charge in [-0.25, -0.2) is 4.98 Å². The van der Waals surface area contributed by atoms with E-state index in [4.69, 9.17) is 4.98 Å². The first kappa shape index (κ1) is 13.1. The molecule has 104 valence electrons. The number of hydrogen-bond donors (Lipinski definition) is 1. The summed E-state index contributed by atoms with van der Waals surface area (Å²) < 4.78 is 6.27. The molecule has 0 aliphatic rings. The number of nitrogens with one attached hydrogen (secondary N) is 1. The topological polar surface area (TPSA) is 55.6 Å². The maximum atomic E-state index is 4.74. The van der Waals surface area contributed by atoms with E-state index in [1.165, 1.54) is 11.5 Å². The molecule has 2 aromatic heterocycles. The summed E-state index contributed by atoms with van der Waals surface area (Å²) in [5, 5.41) is 8.39. The monoisotopic (exact) mass is 287 g/mol. The summed E-state index contributed by atoms with van der Waals surface area (Å²) in [7, 11) is 1.90. The quantitative estimate of drug-likeness (QED) is 0.784. The Hall–Kier alpha value is -1.95. The van der Waals surface area contributed by atoms with E-state index in [1.807, 2.05) is 13.1 Å². The third-order valence-electron chi connectivity index (χ3n) is 3.30. The molecular weight excluding hydrogens is 270 g/mol. The fourth-order valence-corrected chi connectivity index (χ4v) is 2.89. The molecule has 0 saturated heterocycles. The van der Waals surface area contributed by atoms with E-state index in [1.54, 1.807) is 0 Å². The lowest BCUT2D eigenvalue weighted by molar-refractivity contribution is 0.708. The van der Waals surface area contributed by atoms with Crippen molar-refractivity contribution in [1.82, 2.24) is 19.1 Å². The van der Waals surface area contributed by atoms with Crippen LogP contribution in [0.5, 0.6) is 0 Å². The van der Waals surface area contributed by atoms with Crippen LogP contribution in [0.4, 0.5) is 5.00 Å². The Morgan fingerprint density at radius 3 is 2.95 bits per heavy atom. The molecule has 0 fully saturated rings. The molecule has 0 aliphatic carbocycles. The number of aromatic nitrogens is 4. The normalized spacial score (nSPS) is 11.1. The summed E-state index contributed by atoms with van der Waals surface area (Å²) >= 11 is 1.39. The maximum absolute atomic E-state index is 4.74. The molecule has 3 rings (SSSR count). The number of anilines is 1. The van der Waals surface area contributed by atoms with Crippen LogP contribution in [-0.2, 0) is 13.0 Å². The summed E-state index contributed by atoms with van der Waals surface area (Å²) in [6.07, 6.45) is 2.05. The molecule has 0 amide bonds. The van der Waals surface area contributed by atoms with Crippen molar-refractivity contribution in [2.75, 3.05) is 12.4 Å². The fourth-order valence-electron chi connectivity index (χ4n) is 2.37. The van der Waals surface area contributed by atoms with Crippen molar-refractivity contribution in [2.45, 2.75) is 26.3 Å². The molecule has 0 spiro atoms. The molecule has 0 saturated carbocycles. The average molecular weight is 287 g/mol. The number of fused-ring (bicyclic) bond motifs is 1. The fraction of sp³-hybridized carbons (Fsp3) is 0.357. The van der Waals surface area contributed by atoms with Crippen molar-refractivity contribution in [2.24, 2.45) is 0 Å². The van der Waals surface area contributed by atoms with E-state index < -0.39 is 0 Å². The lowest BCUT2D eigenvalue weighted by Gasteiger charge is -2.07. The zero-order chi connectivity index (χ0) is 13.9. The second-order valence-corrected chi connectivity index (χ2v) is 5.41. The third kappa shape index (κ3) is 2.27. The highest BCUT2D eigenvalue weighted by Gasteiger charge is 2.13. The smallest absolute Gasteiger partial charge is 0.134 e. The van der Waals surface area contributed by atoms with Crippen molar-refractivity contribution >= 4 is 27.6 Å². The highest BCUT2D eigenvalue weighted by molar-refractivity contribution is 7.10. The largest absolute Gasteiger partial charge is 0.377 e. The predicted octanol–water partition coefficient (Wildman–Crippen LogP) is 2.93. The number of aryl methyl sites for hydroxylation is 1. The molecule has 3 aromatic rings. The molecule has 6 heteroatoms. The summed E-state index contributed by atoms with van der Waals surface area (Å²) in [6, 6.07) is 8.25. The van der Waals surface area contributed by atoms with Crippen molar-refractivity contribution in [3.63, 3.8) is 0 Å². The molecule has 0 atom stereocenters. The Morgan fingerprint density at radius 2 is 2.15 bits per heavy atom. The van der Waals surface area contributed by atoms with Crippen LogP contribution in [0.15, 0.2) is 24.3 Å². The lowest BCUT2D eigenvalue weighted by atomic mass is 10.3. The van der Waals surface area contributed by atoms with Gasteiger partial charge >= 0.3 is 0 Å². The zero-order valence-corrected chi connectivity index (χ0v) is 12.4. The summed E-state index contributed by atoms with van der Waals surface area (Å²) in [4.78, 5) is 4.74. The third-order valence-corrected chi connectivity index (χ3v) is 4.08. The van der Waals surface area contributed by atoms with Crippen LogP contribution in [0.1, 0.15) is 24.9 Å². The molecule has 1 aromatic carbocycles. The van der Waals surface area contributed by atoms with Gasteiger partial charge in [0.25, 0.3) is 0 Å². The molecule has 2 heterocycles. The van der Waals surface area contributed by atoms with Gasteiger partial charge in [0, 0.05) is 25.0 Å². The maximum Gasteiger partial charge on any atom is 0.134 e. The zero-order valence-electron chi connectivity index (χ0n) is 11.6. The standard InChI is InChI=1S/C14H17N5S/c1-3-6-13-16-10-7-4-5-8-12(10)19(13)9-11-14(15-2)20-18-17-11/h4-5,7-8,15H,3,6,9H2,1-2H3. The van der Waals surface area contributed by atoms with Gasteiger partial charge in [0.2, 0.25) is 0 Å². The van der Waals surface area contributed by atoms with Gasteiger partial charge in [-0.05, 0) is 18.6 Å².